The molecule has 1 saturated carbocycles. The molecule has 1 fully saturated rings. The number of halogens is 4. The summed E-state index contributed by atoms with van der Waals surface area (Å²) < 4.78 is 69.7. The number of rotatable bonds is 14. The molecule has 0 saturated heterocycles. The van der Waals surface area contributed by atoms with Crippen LogP contribution in [0.2, 0.25) is 0 Å². The van der Waals surface area contributed by atoms with Crippen LogP contribution in [0, 0.1) is 5.82 Å². The highest BCUT2D eigenvalue weighted by atomic mass is 32.2. The lowest BCUT2D eigenvalue weighted by atomic mass is 9.67. The topological polar surface area (TPSA) is 58.6 Å². The van der Waals surface area contributed by atoms with Crippen LogP contribution in [0.3, 0.4) is 0 Å². The van der Waals surface area contributed by atoms with E-state index in [1.165, 1.54) is 41.9 Å². The maximum absolute atomic E-state index is 13.7. The average molecular weight is 561 g/mol. The molecule has 2 N–H and O–H groups in total. The molecule has 10 heteroatoms. The summed E-state index contributed by atoms with van der Waals surface area (Å²) in [5.41, 5.74) is 1.14. The van der Waals surface area contributed by atoms with Gasteiger partial charge in [0, 0.05) is 16.0 Å². The zero-order valence-electron chi connectivity index (χ0n) is 20.9. The van der Waals surface area contributed by atoms with Crippen molar-refractivity contribution in [3.8, 4) is 0 Å². The lowest BCUT2D eigenvalue weighted by molar-refractivity contribution is -0.139. The van der Waals surface area contributed by atoms with Crippen LogP contribution in [0.4, 0.5) is 17.6 Å². The Balaban J connectivity index is 1.51. The third kappa shape index (κ3) is 9.63. The molecule has 2 aromatic carbocycles. The smallest absolute Gasteiger partial charge is 0.313 e. The van der Waals surface area contributed by atoms with Crippen molar-refractivity contribution in [2.75, 3.05) is 18.9 Å². The zero-order chi connectivity index (χ0) is 26.7. The highest BCUT2D eigenvalue weighted by molar-refractivity contribution is 7.99. The number of unbranched alkanes of at least 4 members (excludes halogenated alkanes) is 1. The molecule has 3 rings (SSSR count). The van der Waals surface area contributed by atoms with Gasteiger partial charge >= 0.3 is 14.4 Å². The first-order valence-corrected chi connectivity index (χ1v) is 14.9. The van der Waals surface area contributed by atoms with Gasteiger partial charge in [0.05, 0.1) is 5.56 Å². The van der Waals surface area contributed by atoms with Crippen LogP contribution >= 0.6 is 20.0 Å². The van der Waals surface area contributed by atoms with Crippen LogP contribution in [-0.4, -0.2) is 23.8 Å². The third-order valence-electron chi connectivity index (χ3n) is 6.95. The SMILES string of the molecule is O=[P+](O)OCCCNCc1ccc(SCCCCC2(c3ccc(F)cc3)CCCCC2)c(C(F)(F)F)c1. The molecule has 0 heterocycles. The Hall–Kier alpha value is -1.51. The lowest BCUT2D eigenvalue weighted by Crippen LogP contribution is -2.29. The molecule has 0 aliphatic heterocycles. The summed E-state index contributed by atoms with van der Waals surface area (Å²) >= 11 is 1.25. The van der Waals surface area contributed by atoms with Crippen molar-refractivity contribution >= 4 is 20.0 Å². The largest absolute Gasteiger partial charge is 0.694 e. The molecule has 0 amide bonds. The lowest BCUT2D eigenvalue weighted by Gasteiger charge is -2.38. The van der Waals surface area contributed by atoms with Gasteiger partial charge in [-0.05, 0) is 85.2 Å². The first-order valence-electron chi connectivity index (χ1n) is 12.8. The van der Waals surface area contributed by atoms with Crippen LogP contribution in [-0.2, 0) is 27.2 Å². The van der Waals surface area contributed by atoms with E-state index < -0.39 is 20.0 Å². The molecular formula is C27H35F4NO3PS+. The predicted octanol–water partition coefficient (Wildman–Crippen LogP) is 8.16. The fourth-order valence-corrected chi connectivity index (χ4v) is 6.42. The summed E-state index contributed by atoms with van der Waals surface area (Å²) in [6, 6.07) is 11.3. The van der Waals surface area contributed by atoms with Crippen molar-refractivity contribution in [1.29, 1.82) is 0 Å². The van der Waals surface area contributed by atoms with Crippen molar-refractivity contribution in [3.63, 3.8) is 0 Å². The quantitative estimate of drug-likeness (QED) is 0.106. The molecule has 0 radical (unpaired) electrons. The highest BCUT2D eigenvalue weighted by Gasteiger charge is 2.34. The first-order chi connectivity index (χ1) is 17.7. The molecular weight excluding hydrogens is 525 g/mol. The summed E-state index contributed by atoms with van der Waals surface area (Å²) in [5.74, 6) is 0.368. The summed E-state index contributed by atoms with van der Waals surface area (Å²) in [6.45, 7) is 0.832. The van der Waals surface area contributed by atoms with E-state index in [-0.39, 0.29) is 29.3 Å². The van der Waals surface area contributed by atoms with Gasteiger partial charge in [-0.2, -0.15) is 13.2 Å². The molecule has 1 aliphatic carbocycles. The van der Waals surface area contributed by atoms with Crippen LogP contribution in [0.5, 0.6) is 0 Å². The zero-order valence-corrected chi connectivity index (χ0v) is 22.6. The Morgan fingerprint density at radius 2 is 1.76 bits per heavy atom. The molecule has 204 valence electrons. The van der Waals surface area contributed by atoms with E-state index in [2.05, 4.69) is 9.84 Å². The standard InChI is InChI=1S/C27H34F4NO3PS/c28-23-10-8-22(9-11-23)26(13-2-1-3-14-26)15-4-5-18-37-25-12-7-21(19-24(25)27(29,30)31)20-32-16-6-17-35-36(33)34/h7-12,19,32H,1-6,13-18,20H2/p+1. The number of nitrogens with one attached hydrogen (secondary N) is 1. The molecule has 37 heavy (non-hydrogen) atoms. The minimum Gasteiger partial charge on any atom is -0.313 e. The van der Waals surface area contributed by atoms with Crippen molar-refractivity contribution in [2.24, 2.45) is 0 Å². The van der Waals surface area contributed by atoms with Crippen LogP contribution in [0.15, 0.2) is 47.4 Å². The summed E-state index contributed by atoms with van der Waals surface area (Å²) in [7, 11) is -2.63. The van der Waals surface area contributed by atoms with E-state index in [4.69, 9.17) is 4.89 Å². The molecule has 0 spiro atoms. The Bertz CT molecular complexity index is 998. The highest BCUT2D eigenvalue weighted by Crippen LogP contribution is 2.44. The first kappa shape index (κ1) is 30.0. The van der Waals surface area contributed by atoms with Gasteiger partial charge in [-0.15, -0.1) is 21.2 Å². The Labute approximate surface area is 221 Å². The van der Waals surface area contributed by atoms with Gasteiger partial charge in [-0.1, -0.05) is 43.9 Å². The Morgan fingerprint density at radius 3 is 2.43 bits per heavy atom. The van der Waals surface area contributed by atoms with Crippen LogP contribution in [0.25, 0.3) is 0 Å². The van der Waals surface area contributed by atoms with Crippen molar-refractivity contribution in [3.05, 3.63) is 65.0 Å². The monoisotopic (exact) mass is 560 g/mol. The predicted molar refractivity (Wildman–Crippen MR) is 139 cm³/mol. The molecule has 0 aromatic heterocycles. The minimum atomic E-state index is -4.44. The molecule has 1 unspecified atom stereocenters. The van der Waals surface area contributed by atoms with E-state index in [0.717, 1.165) is 44.9 Å². The number of alkyl halides is 3. The van der Waals surface area contributed by atoms with Gasteiger partial charge in [-0.3, -0.25) is 0 Å². The van der Waals surface area contributed by atoms with Crippen LogP contribution in [0.1, 0.15) is 74.5 Å². The second kappa shape index (κ2) is 14.6. The van der Waals surface area contributed by atoms with Crippen molar-refractivity contribution in [2.45, 2.75) is 80.8 Å². The van der Waals surface area contributed by atoms with Gasteiger partial charge in [0.25, 0.3) is 0 Å². The fraction of sp³-hybridized carbons (Fsp3) is 0.556. The molecule has 1 aliphatic rings. The van der Waals surface area contributed by atoms with Gasteiger partial charge in [-0.25, -0.2) is 4.39 Å². The average Bonchev–Trinajstić information content (AvgIpc) is 2.86. The summed E-state index contributed by atoms with van der Waals surface area (Å²) in [6.07, 6.45) is 4.41. The number of hydrogen-bond acceptors (Lipinski definition) is 4. The van der Waals surface area contributed by atoms with E-state index in [9.17, 15) is 22.1 Å². The number of thioether (sulfide) groups is 1. The Kier molecular flexibility index (Phi) is 11.8. The molecule has 1 atom stereocenters. The van der Waals surface area contributed by atoms with Gasteiger partial charge in [0.15, 0.2) is 0 Å². The second-order valence-electron chi connectivity index (χ2n) is 9.58. The van der Waals surface area contributed by atoms with E-state index in [1.807, 2.05) is 12.1 Å². The minimum absolute atomic E-state index is 0.0458. The maximum atomic E-state index is 13.7. The summed E-state index contributed by atoms with van der Waals surface area (Å²) in [4.78, 5) is 8.82. The maximum Gasteiger partial charge on any atom is 0.694 e. The normalized spacial score (nSPS) is 16.1. The fourth-order valence-electron chi connectivity index (χ4n) is 5.07. The van der Waals surface area contributed by atoms with Gasteiger partial charge in [0.1, 0.15) is 12.4 Å². The van der Waals surface area contributed by atoms with Crippen molar-refractivity contribution < 1.29 is 31.5 Å². The Morgan fingerprint density at radius 1 is 1.03 bits per heavy atom. The molecule has 2 aromatic rings. The molecule has 4 nitrogen and oxygen atoms in total. The van der Waals surface area contributed by atoms with E-state index >= 15 is 0 Å². The number of hydrogen-bond donors (Lipinski definition) is 2. The molecule has 0 bridgehead atoms. The van der Waals surface area contributed by atoms with Crippen LogP contribution < -0.4 is 5.32 Å². The van der Waals surface area contributed by atoms with Gasteiger partial charge < -0.3 is 5.32 Å². The second-order valence-corrected chi connectivity index (χ2v) is 11.5. The summed E-state index contributed by atoms with van der Waals surface area (Å²) in [5, 5.41) is 3.03. The number of benzene rings is 2. The van der Waals surface area contributed by atoms with E-state index in [0.29, 0.717) is 24.3 Å². The van der Waals surface area contributed by atoms with Gasteiger partial charge in [0.2, 0.25) is 0 Å². The van der Waals surface area contributed by atoms with Crippen molar-refractivity contribution in [1.82, 2.24) is 5.32 Å². The van der Waals surface area contributed by atoms with E-state index in [1.54, 1.807) is 12.1 Å². The third-order valence-corrected chi connectivity index (χ3v) is 8.52.